The summed E-state index contributed by atoms with van der Waals surface area (Å²) >= 11 is 4.59. The molecule has 0 aliphatic carbocycles. The highest BCUT2D eigenvalue weighted by Crippen LogP contribution is 2.24. The molecule has 0 saturated carbocycles. The van der Waals surface area contributed by atoms with Crippen molar-refractivity contribution in [2.75, 3.05) is 0 Å². The number of carboxylic acids is 1. The molecule has 2 aromatic rings. The first-order chi connectivity index (χ1) is 11.5. The van der Waals surface area contributed by atoms with Gasteiger partial charge in [0.25, 0.3) is 0 Å². The number of rotatable bonds is 4. The van der Waals surface area contributed by atoms with Gasteiger partial charge in [-0.25, -0.2) is 0 Å². The van der Waals surface area contributed by atoms with Crippen molar-refractivity contribution in [2.45, 2.75) is 11.7 Å². The summed E-state index contributed by atoms with van der Waals surface area (Å²) in [5.74, 6) is -1.37. The van der Waals surface area contributed by atoms with Crippen LogP contribution in [0.4, 0.5) is 0 Å². The van der Waals surface area contributed by atoms with Gasteiger partial charge in [-0.3, -0.25) is 9.59 Å². The highest BCUT2D eigenvalue weighted by Gasteiger charge is 2.32. The van der Waals surface area contributed by atoms with Crippen molar-refractivity contribution in [1.82, 2.24) is 5.32 Å². The Morgan fingerprint density at radius 2 is 2.21 bits per heavy atom. The number of aliphatic carboxylic acids is 1. The normalized spacial score (nSPS) is 19.3. The smallest absolute Gasteiger partial charge is 0.305 e. The van der Waals surface area contributed by atoms with Crippen LogP contribution >= 0.6 is 27.7 Å². The molecule has 1 aliphatic heterocycles. The highest BCUT2D eigenvalue weighted by atomic mass is 79.9. The first-order valence-electron chi connectivity index (χ1n) is 7.01. The summed E-state index contributed by atoms with van der Waals surface area (Å²) < 4.78 is 0.997. The Morgan fingerprint density at radius 3 is 3.00 bits per heavy atom. The lowest BCUT2D eigenvalue weighted by atomic mass is 10.1. The van der Waals surface area contributed by atoms with Gasteiger partial charge in [-0.1, -0.05) is 52.0 Å². The lowest BCUT2D eigenvalue weighted by Crippen LogP contribution is -2.26. The van der Waals surface area contributed by atoms with Crippen molar-refractivity contribution in [1.29, 1.82) is 0 Å². The summed E-state index contributed by atoms with van der Waals surface area (Å²) in [6, 6.07) is 11.9. The van der Waals surface area contributed by atoms with Crippen molar-refractivity contribution in [3.63, 3.8) is 0 Å². The minimum absolute atomic E-state index is 0.238. The summed E-state index contributed by atoms with van der Waals surface area (Å²) in [4.78, 5) is 22.3. The van der Waals surface area contributed by atoms with E-state index in [1.54, 1.807) is 6.21 Å². The van der Waals surface area contributed by atoms with Gasteiger partial charge in [0.15, 0.2) is 5.17 Å². The van der Waals surface area contributed by atoms with E-state index in [1.165, 1.54) is 0 Å². The number of nitrogens with one attached hydrogen (secondary N) is 1. The maximum Gasteiger partial charge on any atom is 0.305 e. The van der Waals surface area contributed by atoms with Crippen molar-refractivity contribution in [3.8, 4) is 0 Å². The third-order valence-electron chi connectivity index (χ3n) is 3.34. The van der Waals surface area contributed by atoms with E-state index in [9.17, 15) is 9.59 Å². The van der Waals surface area contributed by atoms with Gasteiger partial charge in [-0.15, -0.1) is 5.10 Å². The maximum absolute atomic E-state index is 11.6. The van der Waals surface area contributed by atoms with Crippen LogP contribution in [0.25, 0.3) is 10.8 Å². The quantitative estimate of drug-likeness (QED) is 0.603. The molecular formula is C16H12BrN3O3S. The van der Waals surface area contributed by atoms with Crippen LogP contribution in [0.15, 0.2) is 51.1 Å². The number of hydrogen-bond acceptors (Lipinski definition) is 5. The van der Waals surface area contributed by atoms with Gasteiger partial charge < -0.3 is 10.4 Å². The third kappa shape index (κ3) is 3.82. The molecule has 1 unspecified atom stereocenters. The molecule has 2 N–H and O–H groups in total. The Balaban J connectivity index is 1.73. The number of fused-ring (bicyclic) bond motifs is 1. The van der Waals surface area contributed by atoms with E-state index in [2.05, 4.69) is 31.4 Å². The van der Waals surface area contributed by atoms with Crippen LogP contribution in [-0.4, -0.2) is 33.6 Å². The zero-order valence-corrected chi connectivity index (χ0v) is 14.7. The molecule has 1 heterocycles. The molecule has 0 aromatic heterocycles. The van der Waals surface area contributed by atoms with Gasteiger partial charge >= 0.3 is 5.97 Å². The van der Waals surface area contributed by atoms with Gasteiger partial charge in [0.2, 0.25) is 5.91 Å². The molecule has 1 saturated heterocycles. The molecular weight excluding hydrogens is 394 g/mol. The number of amidine groups is 1. The van der Waals surface area contributed by atoms with E-state index >= 15 is 0 Å². The molecule has 1 fully saturated rings. The SMILES string of the molecule is O=C(O)CC1SC(=NN=Cc2ccc3cccc(Br)c3c2)NC1=O. The number of nitrogens with zero attached hydrogens (tertiary/aromatic N) is 2. The van der Waals surface area contributed by atoms with Crippen LogP contribution in [0.5, 0.6) is 0 Å². The first kappa shape index (κ1) is 16.7. The molecule has 1 atom stereocenters. The molecule has 3 rings (SSSR count). The fourth-order valence-corrected chi connectivity index (χ4v) is 3.64. The Bertz CT molecular complexity index is 882. The predicted octanol–water partition coefficient (Wildman–Crippen LogP) is 3.00. The summed E-state index contributed by atoms with van der Waals surface area (Å²) in [5, 5.41) is 21.0. The van der Waals surface area contributed by atoms with Crippen LogP contribution in [-0.2, 0) is 9.59 Å². The number of amides is 1. The molecule has 6 nitrogen and oxygen atoms in total. The Labute approximate surface area is 150 Å². The predicted molar refractivity (Wildman–Crippen MR) is 98.5 cm³/mol. The van der Waals surface area contributed by atoms with Crippen molar-refractivity contribution in [2.24, 2.45) is 10.2 Å². The molecule has 1 amide bonds. The summed E-state index contributed by atoms with van der Waals surface area (Å²) in [7, 11) is 0. The van der Waals surface area contributed by atoms with Crippen LogP contribution < -0.4 is 5.32 Å². The monoisotopic (exact) mass is 405 g/mol. The highest BCUT2D eigenvalue weighted by molar-refractivity contribution is 9.10. The van der Waals surface area contributed by atoms with Gasteiger partial charge in [0.05, 0.1) is 12.6 Å². The number of carbonyl (C=O) groups excluding carboxylic acids is 1. The zero-order chi connectivity index (χ0) is 17.1. The first-order valence-corrected chi connectivity index (χ1v) is 8.69. The Hall–Kier alpha value is -2.19. The Morgan fingerprint density at radius 1 is 1.38 bits per heavy atom. The van der Waals surface area contributed by atoms with Crippen LogP contribution in [0.3, 0.4) is 0 Å². The van der Waals surface area contributed by atoms with E-state index in [-0.39, 0.29) is 12.3 Å². The average molecular weight is 406 g/mol. The number of benzene rings is 2. The van der Waals surface area contributed by atoms with E-state index in [0.29, 0.717) is 5.17 Å². The number of thioether (sulfide) groups is 1. The largest absolute Gasteiger partial charge is 0.481 e. The fourth-order valence-electron chi connectivity index (χ4n) is 2.23. The van der Waals surface area contributed by atoms with Crippen molar-refractivity contribution >= 4 is 61.7 Å². The standard InChI is InChI=1S/C16H12BrN3O3S/c17-12-3-1-2-10-5-4-9(6-11(10)12)8-18-20-16-19-15(23)13(24-16)7-14(21)22/h1-6,8,13H,7H2,(H,21,22)(H,19,20,23). The molecule has 0 radical (unpaired) electrons. The second-order valence-corrected chi connectivity index (χ2v) is 7.11. The van der Waals surface area contributed by atoms with Gasteiger partial charge in [0.1, 0.15) is 5.25 Å². The maximum atomic E-state index is 11.6. The van der Waals surface area contributed by atoms with Gasteiger partial charge in [-0.2, -0.15) is 5.10 Å². The minimum atomic E-state index is -1.02. The third-order valence-corrected chi connectivity index (χ3v) is 5.11. The van der Waals surface area contributed by atoms with Crippen LogP contribution in [0.1, 0.15) is 12.0 Å². The average Bonchev–Trinajstić information content (AvgIpc) is 2.87. The summed E-state index contributed by atoms with van der Waals surface area (Å²) in [6.07, 6.45) is 1.35. The molecule has 122 valence electrons. The van der Waals surface area contributed by atoms with E-state index < -0.39 is 11.2 Å². The van der Waals surface area contributed by atoms with E-state index in [4.69, 9.17) is 5.11 Å². The lowest BCUT2D eigenvalue weighted by molar-refractivity contribution is -0.138. The summed E-state index contributed by atoms with van der Waals surface area (Å²) in [5.41, 5.74) is 0.871. The van der Waals surface area contributed by atoms with Crippen LogP contribution in [0, 0.1) is 0 Å². The number of carbonyl (C=O) groups is 2. The van der Waals surface area contributed by atoms with Crippen molar-refractivity contribution < 1.29 is 14.7 Å². The molecule has 0 spiro atoms. The minimum Gasteiger partial charge on any atom is -0.481 e. The molecule has 2 aromatic carbocycles. The van der Waals surface area contributed by atoms with E-state index in [1.807, 2.05) is 36.4 Å². The van der Waals surface area contributed by atoms with Crippen LogP contribution in [0.2, 0.25) is 0 Å². The molecule has 8 heteroatoms. The summed E-state index contributed by atoms with van der Waals surface area (Å²) in [6.45, 7) is 0. The molecule has 1 aliphatic rings. The van der Waals surface area contributed by atoms with Gasteiger partial charge in [0, 0.05) is 4.47 Å². The number of halogens is 1. The number of carboxylic acid groups (broad SMARTS) is 1. The number of hydrogen-bond donors (Lipinski definition) is 2. The zero-order valence-electron chi connectivity index (χ0n) is 12.3. The van der Waals surface area contributed by atoms with Gasteiger partial charge in [-0.05, 0) is 28.5 Å². The molecule has 24 heavy (non-hydrogen) atoms. The lowest BCUT2D eigenvalue weighted by Gasteiger charge is -2.01. The second-order valence-electron chi connectivity index (χ2n) is 5.06. The van der Waals surface area contributed by atoms with E-state index in [0.717, 1.165) is 32.6 Å². The molecule has 0 bridgehead atoms. The van der Waals surface area contributed by atoms with Crippen molar-refractivity contribution in [3.05, 3.63) is 46.4 Å². The topological polar surface area (TPSA) is 91.1 Å². The fraction of sp³-hybridized carbons (Fsp3) is 0.125. The second kappa shape index (κ2) is 7.14. The Kier molecular flexibility index (Phi) is 4.96.